The number of rotatable bonds is 1. The summed E-state index contributed by atoms with van der Waals surface area (Å²) in [7, 11) is 0. The van der Waals surface area contributed by atoms with Crippen molar-refractivity contribution in [3.05, 3.63) is 34.4 Å². The normalized spacial score (nSPS) is 10.5. The molecule has 0 amide bonds. The van der Waals surface area contributed by atoms with Crippen LogP contribution in [0, 0.1) is 6.92 Å². The molecule has 0 radical (unpaired) electrons. The topological polar surface area (TPSA) is 50.9 Å². The van der Waals surface area contributed by atoms with Crippen molar-refractivity contribution < 1.29 is 0 Å². The molecule has 4 heteroatoms. The first-order valence-corrected chi connectivity index (χ1v) is 5.03. The minimum Gasteiger partial charge on any atom is -0.323 e. The minimum absolute atomic E-state index is 0.927. The first-order chi connectivity index (χ1) is 6.72. The van der Waals surface area contributed by atoms with Gasteiger partial charge in [0.25, 0.3) is 0 Å². The second-order valence-electron chi connectivity index (χ2n) is 3.12. The molecule has 2 rings (SSSR count). The van der Waals surface area contributed by atoms with Gasteiger partial charge in [-0.3, -0.25) is 10.8 Å². The summed E-state index contributed by atoms with van der Waals surface area (Å²) >= 11 is 3.42. The molecule has 0 saturated carbocycles. The molecule has 0 unspecified atom stereocenters. The zero-order valence-corrected chi connectivity index (χ0v) is 9.30. The fourth-order valence-electron chi connectivity index (χ4n) is 1.46. The predicted octanol–water partition coefficient (Wildman–Crippen LogP) is 2.59. The molecule has 72 valence electrons. The molecule has 3 N–H and O–H groups in total. The van der Waals surface area contributed by atoms with Gasteiger partial charge >= 0.3 is 0 Å². The molecule has 0 bridgehead atoms. The van der Waals surface area contributed by atoms with Gasteiger partial charge in [0, 0.05) is 16.1 Å². The smallest absolute Gasteiger partial charge is 0.0724 e. The molecule has 0 aliphatic carbocycles. The number of fused-ring (bicyclic) bond motifs is 1. The van der Waals surface area contributed by atoms with Crippen LogP contribution in [-0.2, 0) is 0 Å². The molecule has 2 aromatic rings. The number of halogens is 1. The van der Waals surface area contributed by atoms with Crippen LogP contribution in [0.15, 0.2) is 28.9 Å². The molecule has 0 fully saturated rings. The summed E-state index contributed by atoms with van der Waals surface area (Å²) in [6.45, 7) is 1.97. The number of hydrogen-bond acceptors (Lipinski definition) is 3. The maximum absolute atomic E-state index is 5.47. The summed E-state index contributed by atoms with van der Waals surface area (Å²) in [5, 5.41) is 1.03. The number of nitrogens with zero attached hydrogens (tertiary/aromatic N) is 1. The Balaban J connectivity index is 2.84. The van der Waals surface area contributed by atoms with Gasteiger partial charge in [0.1, 0.15) is 0 Å². The molecule has 0 aliphatic heterocycles. The van der Waals surface area contributed by atoms with Gasteiger partial charge in [-0.1, -0.05) is 15.9 Å². The Kier molecular flexibility index (Phi) is 2.39. The van der Waals surface area contributed by atoms with Crippen molar-refractivity contribution in [2.45, 2.75) is 6.92 Å². The van der Waals surface area contributed by atoms with Gasteiger partial charge in [-0.25, -0.2) is 0 Å². The Morgan fingerprint density at radius 1 is 1.43 bits per heavy atom. The van der Waals surface area contributed by atoms with Crippen molar-refractivity contribution in [1.29, 1.82) is 0 Å². The molecule has 0 saturated heterocycles. The van der Waals surface area contributed by atoms with E-state index < -0.39 is 0 Å². The third-order valence-corrected chi connectivity index (χ3v) is 2.66. The number of nitrogens with two attached hydrogens (primary N) is 1. The highest BCUT2D eigenvalue weighted by Gasteiger charge is 2.04. The van der Waals surface area contributed by atoms with Crippen molar-refractivity contribution in [3.8, 4) is 0 Å². The summed E-state index contributed by atoms with van der Waals surface area (Å²) in [6, 6.07) is 5.93. The van der Waals surface area contributed by atoms with Gasteiger partial charge in [-0.15, -0.1) is 0 Å². The van der Waals surface area contributed by atoms with Crippen LogP contribution in [-0.4, -0.2) is 4.98 Å². The van der Waals surface area contributed by atoms with E-state index >= 15 is 0 Å². The van der Waals surface area contributed by atoms with Crippen LogP contribution in [0.2, 0.25) is 0 Å². The fourth-order valence-corrected chi connectivity index (χ4v) is 1.82. The number of anilines is 1. The zero-order valence-electron chi connectivity index (χ0n) is 7.71. The van der Waals surface area contributed by atoms with E-state index in [1.165, 1.54) is 0 Å². The van der Waals surface area contributed by atoms with Crippen molar-refractivity contribution in [2.75, 3.05) is 5.43 Å². The van der Waals surface area contributed by atoms with Crippen LogP contribution in [0.4, 0.5) is 5.69 Å². The molecular formula is C10H10BrN3. The van der Waals surface area contributed by atoms with Gasteiger partial charge < -0.3 is 5.43 Å². The molecule has 3 nitrogen and oxygen atoms in total. The Morgan fingerprint density at radius 3 is 2.93 bits per heavy atom. The van der Waals surface area contributed by atoms with Crippen molar-refractivity contribution >= 4 is 32.5 Å². The Bertz CT molecular complexity index is 477. The van der Waals surface area contributed by atoms with E-state index in [4.69, 9.17) is 5.84 Å². The third kappa shape index (κ3) is 1.47. The first kappa shape index (κ1) is 9.43. The Labute approximate surface area is 90.4 Å². The van der Waals surface area contributed by atoms with Gasteiger partial charge in [-0.2, -0.15) is 0 Å². The highest BCUT2D eigenvalue weighted by atomic mass is 79.9. The summed E-state index contributed by atoms with van der Waals surface area (Å²) < 4.78 is 1.02. The van der Waals surface area contributed by atoms with Crippen LogP contribution in [0.3, 0.4) is 0 Å². The summed E-state index contributed by atoms with van der Waals surface area (Å²) in [5.74, 6) is 5.47. The minimum atomic E-state index is 0.927. The second kappa shape index (κ2) is 3.55. The van der Waals surface area contributed by atoms with Crippen molar-refractivity contribution in [3.63, 3.8) is 0 Å². The van der Waals surface area contributed by atoms with E-state index in [-0.39, 0.29) is 0 Å². The van der Waals surface area contributed by atoms with E-state index in [1.807, 2.05) is 31.3 Å². The molecule has 0 aliphatic rings. The lowest BCUT2D eigenvalue weighted by atomic mass is 10.1. The van der Waals surface area contributed by atoms with Gasteiger partial charge in [0.15, 0.2) is 0 Å². The molecule has 14 heavy (non-hydrogen) atoms. The van der Waals surface area contributed by atoms with Crippen LogP contribution < -0.4 is 11.3 Å². The molecule has 1 aromatic heterocycles. The third-order valence-electron chi connectivity index (χ3n) is 2.16. The average Bonchev–Trinajstić information content (AvgIpc) is 2.17. The predicted molar refractivity (Wildman–Crippen MR) is 62.0 cm³/mol. The van der Waals surface area contributed by atoms with Crippen LogP contribution >= 0.6 is 15.9 Å². The van der Waals surface area contributed by atoms with E-state index in [0.717, 1.165) is 26.6 Å². The maximum Gasteiger partial charge on any atom is 0.0724 e. The number of aromatic nitrogens is 1. The SMILES string of the molecule is Cc1cnc2ccc(Br)cc2c1NN. The molecule has 0 spiro atoms. The average molecular weight is 252 g/mol. The number of benzene rings is 1. The number of nitrogen functional groups attached to an aromatic ring is 1. The summed E-state index contributed by atoms with van der Waals surface area (Å²) in [6.07, 6.45) is 1.81. The lowest BCUT2D eigenvalue weighted by Gasteiger charge is -2.08. The summed E-state index contributed by atoms with van der Waals surface area (Å²) in [5.41, 5.74) is 5.61. The molecule has 1 heterocycles. The van der Waals surface area contributed by atoms with Gasteiger partial charge in [-0.05, 0) is 30.7 Å². The highest BCUT2D eigenvalue weighted by molar-refractivity contribution is 9.10. The number of nitrogens with one attached hydrogen (secondary N) is 1. The summed E-state index contributed by atoms with van der Waals surface area (Å²) in [4.78, 5) is 4.31. The Hall–Kier alpha value is -1.13. The van der Waals surface area contributed by atoms with Crippen LogP contribution in [0.5, 0.6) is 0 Å². The number of hydrogen-bond donors (Lipinski definition) is 2. The number of hydrazine groups is 1. The lowest BCUT2D eigenvalue weighted by Crippen LogP contribution is -2.09. The fraction of sp³-hybridized carbons (Fsp3) is 0.100. The van der Waals surface area contributed by atoms with Gasteiger partial charge in [0.2, 0.25) is 0 Å². The van der Waals surface area contributed by atoms with E-state index in [2.05, 4.69) is 26.3 Å². The highest BCUT2D eigenvalue weighted by Crippen LogP contribution is 2.27. The van der Waals surface area contributed by atoms with Crippen LogP contribution in [0.25, 0.3) is 10.9 Å². The molecular weight excluding hydrogens is 242 g/mol. The number of aryl methyl sites for hydroxylation is 1. The monoisotopic (exact) mass is 251 g/mol. The van der Waals surface area contributed by atoms with E-state index in [9.17, 15) is 0 Å². The van der Waals surface area contributed by atoms with E-state index in [0.29, 0.717) is 0 Å². The lowest BCUT2D eigenvalue weighted by molar-refractivity contribution is 1.28. The van der Waals surface area contributed by atoms with Crippen LogP contribution in [0.1, 0.15) is 5.56 Å². The zero-order chi connectivity index (χ0) is 10.1. The van der Waals surface area contributed by atoms with Crippen molar-refractivity contribution in [2.24, 2.45) is 5.84 Å². The molecule has 0 atom stereocenters. The van der Waals surface area contributed by atoms with E-state index in [1.54, 1.807) is 0 Å². The largest absolute Gasteiger partial charge is 0.323 e. The quantitative estimate of drug-likeness (QED) is 0.605. The second-order valence-corrected chi connectivity index (χ2v) is 4.04. The Morgan fingerprint density at radius 2 is 2.21 bits per heavy atom. The standard InChI is InChI=1S/C10H10BrN3/c1-6-5-13-9-3-2-7(11)4-8(9)10(6)14-12/h2-5H,12H2,1H3,(H,13,14). The van der Waals surface area contributed by atoms with Gasteiger partial charge in [0.05, 0.1) is 11.2 Å². The number of pyridine rings is 1. The maximum atomic E-state index is 5.47. The molecule has 1 aromatic carbocycles. The van der Waals surface area contributed by atoms with Crippen molar-refractivity contribution in [1.82, 2.24) is 4.98 Å². The first-order valence-electron chi connectivity index (χ1n) is 4.24.